The van der Waals surface area contributed by atoms with E-state index in [-0.39, 0.29) is 0 Å². The molecule has 0 bridgehead atoms. The fourth-order valence-corrected chi connectivity index (χ4v) is 3.15. The lowest BCUT2D eigenvalue weighted by molar-refractivity contribution is 0.460. The van der Waals surface area contributed by atoms with Crippen molar-refractivity contribution in [1.82, 2.24) is 20.2 Å². The zero-order chi connectivity index (χ0) is 16.4. The topological polar surface area (TPSA) is 57.7 Å². The van der Waals surface area contributed by atoms with Crippen molar-refractivity contribution in [2.24, 2.45) is 0 Å². The van der Waals surface area contributed by atoms with Crippen molar-refractivity contribution >= 4 is 5.82 Å². The third-order valence-electron chi connectivity index (χ3n) is 4.54. The fraction of sp³-hybridized carbons (Fsp3) is 0.611. The van der Waals surface area contributed by atoms with Crippen LogP contribution in [-0.4, -0.2) is 26.7 Å². The summed E-state index contributed by atoms with van der Waals surface area (Å²) < 4.78 is 0. The molecule has 124 valence electrons. The first kappa shape index (κ1) is 16.0. The molecule has 23 heavy (non-hydrogen) atoms. The summed E-state index contributed by atoms with van der Waals surface area (Å²) in [5.74, 6) is 2.75. The monoisotopic (exact) mass is 313 g/mol. The van der Waals surface area contributed by atoms with Crippen LogP contribution in [0, 0.1) is 0 Å². The molecule has 0 amide bonds. The van der Waals surface area contributed by atoms with Crippen molar-refractivity contribution in [3.05, 3.63) is 35.5 Å². The summed E-state index contributed by atoms with van der Waals surface area (Å²) >= 11 is 0. The van der Waals surface area contributed by atoms with E-state index in [4.69, 9.17) is 9.97 Å². The quantitative estimate of drug-likeness (QED) is 0.920. The van der Waals surface area contributed by atoms with E-state index >= 15 is 0 Å². The number of nitrogens with one attached hydrogen (secondary N) is 1. The van der Waals surface area contributed by atoms with Crippen molar-refractivity contribution < 1.29 is 0 Å². The van der Waals surface area contributed by atoms with Gasteiger partial charge >= 0.3 is 0 Å². The highest BCUT2D eigenvalue weighted by atomic mass is 15.3. The van der Waals surface area contributed by atoms with E-state index < -0.39 is 0 Å². The van der Waals surface area contributed by atoms with E-state index in [9.17, 15) is 0 Å². The normalized spacial score (nSPS) is 18.9. The molecule has 0 radical (unpaired) electrons. The molecule has 0 aromatic carbocycles. The summed E-state index contributed by atoms with van der Waals surface area (Å²) in [6.45, 7) is 9.74. The summed E-state index contributed by atoms with van der Waals surface area (Å²) in [6, 6.07) is 4.59. The SMILES string of the molecule is CC(C)c1cc(N2CCCCC2c2ccn[nH]2)nc(C(C)C)n1. The highest BCUT2D eigenvalue weighted by molar-refractivity contribution is 5.44. The minimum Gasteiger partial charge on any atom is -0.348 e. The smallest absolute Gasteiger partial charge is 0.133 e. The number of hydrogen-bond acceptors (Lipinski definition) is 4. The molecule has 2 aromatic heterocycles. The molecule has 0 aliphatic carbocycles. The van der Waals surface area contributed by atoms with Crippen molar-refractivity contribution in [2.75, 3.05) is 11.4 Å². The van der Waals surface area contributed by atoms with E-state index in [1.165, 1.54) is 18.5 Å². The number of aromatic nitrogens is 4. The first-order chi connectivity index (χ1) is 11.1. The van der Waals surface area contributed by atoms with Crippen LogP contribution in [-0.2, 0) is 0 Å². The van der Waals surface area contributed by atoms with Crippen LogP contribution < -0.4 is 4.90 Å². The van der Waals surface area contributed by atoms with Crippen molar-refractivity contribution in [2.45, 2.75) is 64.8 Å². The maximum absolute atomic E-state index is 4.88. The van der Waals surface area contributed by atoms with Gasteiger partial charge < -0.3 is 4.90 Å². The lowest BCUT2D eigenvalue weighted by Crippen LogP contribution is -2.34. The largest absolute Gasteiger partial charge is 0.348 e. The molecule has 0 saturated carbocycles. The van der Waals surface area contributed by atoms with E-state index in [0.29, 0.717) is 17.9 Å². The summed E-state index contributed by atoms with van der Waals surface area (Å²) in [7, 11) is 0. The Balaban J connectivity index is 2.00. The number of hydrogen-bond donors (Lipinski definition) is 1. The molecule has 1 unspecified atom stereocenters. The first-order valence-electron chi connectivity index (χ1n) is 8.71. The molecule has 1 aliphatic heterocycles. The summed E-state index contributed by atoms with van der Waals surface area (Å²) in [4.78, 5) is 12.1. The maximum Gasteiger partial charge on any atom is 0.133 e. The molecular formula is C18H27N5. The van der Waals surface area contributed by atoms with Gasteiger partial charge in [0, 0.05) is 30.4 Å². The van der Waals surface area contributed by atoms with Crippen LogP contribution in [0.2, 0.25) is 0 Å². The Labute approximate surface area is 138 Å². The van der Waals surface area contributed by atoms with Crippen LogP contribution >= 0.6 is 0 Å². The van der Waals surface area contributed by atoms with E-state index in [2.05, 4.69) is 54.9 Å². The van der Waals surface area contributed by atoms with Crippen molar-refractivity contribution in [3.63, 3.8) is 0 Å². The van der Waals surface area contributed by atoms with Gasteiger partial charge in [0.25, 0.3) is 0 Å². The second-order valence-corrected chi connectivity index (χ2v) is 7.04. The molecular weight excluding hydrogens is 286 g/mol. The van der Waals surface area contributed by atoms with E-state index in [1.807, 2.05) is 6.20 Å². The summed E-state index contributed by atoms with van der Waals surface area (Å²) in [6.07, 6.45) is 5.43. The van der Waals surface area contributed by atoms with Gasteiger partial charge in [0.2, 0.25) is 0 Å². The van der Waals surface area contributed by atoms with Gasteiger partial charge in [-0.3, -0.25) is 5.10 Å². The maximum atomic E-state index is 4.88. The molecule has 0 spiro atoms. The zero-order valence-corrected chi connectivity index (χ0v) is 14.6. The Morgan fingerprint density at radius 3 is 2.61 bits per heavy atom. The molecule has 3 heterocycles. The van der Waals surface area contributed by atoms with Gasteiger partial charge in [-0.1, -0.05) is 27.7 Å². The van der Waals surface area contributed by atoms with Crippen LogP contribution in [0.25, 0.3) is 0 Å². The van der Waals surface area contributed by atoms with Gasteiger partial charge in [-0.15, -0.1) is 0 Å². The number of piperidine rings is 1. The minimum absolute atomic E-state index is 0.334. The molecule has 3 rings (SSSR count). The lowest BCUT2D eigenvalue weighted by atomic mass is 9.99. The van der Waals surface area contributed by atoms with Gasteiger partial charge in [-0.25, -0.2) is 9.97 Å². The van der Waals surface area contributed by atoms with Crippen LogP contribution in [0.15, 0.2) is 18.3 Å². The number of anilines is 1. The molecule has 1 saturated heterocycles. The molecule has 1 fully saturated rings. The number of rotatable bonds is 4. The van der Waals surface area contributed by atoms with Crippen LogP contribution in [0.3, 0.4) is 0 Å². The standard InChI is InChI=1S/C18H27N5/c1-12(2)15-11-17(21-18(20-15)13(3)4)23-10-6-5-7-16(23)14-8-9-19-22-14/h8-9,11-13,16H,5-7,10H2,1-4H3,(H,19,22). The molecule has 1 atom stereocenters. The Hall–Kier alpha value is -1.91. The predicted molar refractivity (Wildman–Crippen MR) is 92.7 cm³/mol. The van der Waals surface area contributed by atoms with E-state index in [0.717, 1.165) is 30.3 Å². The molecule has 1 aliphatic rings. The lowest BCUT2D eigenvalue weighted by Gasteiger charge is -2.36. The average molecular weight is 313 g/mol. The van der Waals surface area contributed by atoms with Gasteiger partial charge in [-0.2, -0.15) is 5.10 Å². The molecule has 1 N–H and O–H groups in total. The third kappa shape index (κ3) is 3.38. The minimum atomic E-state index is 0.334. The summed E-state index contributed by atoms with van der Waals surface area (Å²) in [5, 5.41) is 7.28. The number of nitrogens with zero attached hydrogens (tertiary/aromatic N) is 4. The zero-order valence-electron chi connectivity index (χ0n) is 14.6. The second-order valence-electron chi connectivity index (χ2n) is 7.04. The molecule has 5 heteroatoms. The van der Waals surface area contributed by atoms with Crippen LogP contribution in [0.1, 0.15) is 82.0 Å². The second kappa shape index (κ2) is 6.69. The predicted octanol–water partition coefficient (Wildman–Crippen LogP) is 4.18. The summed E-state index contributed by atoms with van der Waals surface area (Å²) in [5.41, 5.74) is 2.31. The molecule has 2 aromatic rings. The Bertz CT molecular complexity index is 607. The highest BCUT2D eigenvalue weighted by Crippen LogP contribution is 2.34. The Kier molecular flexibility index (Phi) is 4.64. The first-order valence-corrected chi connectivity index (χ1v) is 8.71. The third-order valence-corrected chi connectivity index (χ3v) is 4.54. The van der Waals surface area contributed by atoms with Crippen LogP contribution in [0.4, 0.5) is 5.82 Å². The van der Waals surface area contributed by atoms with Crippen molar-refractivity contribution in [3.8, 4) is 0 Å². The van der Waals surface area contributed by atoms with Crippen LogP contribution in [0.5, 0.6) is 0 Å². The van der Waals surface area contributed by atoms with E-state index in [1.54, 1.807) is 0 Å². The molecule has 5 nitrogen and oxygen atoms in total. The highest BCUT2D eigenvalue weighted by Gasteiger charge is 2.27. The fourth-order valence-electron chi connectivity index (χ4n) is 3.15. The van der Waals surface area contributed by atoms with Gasteiger partial charge in [-0.05, 0) is 31.2 Å². The Morgan fingerprint density at radius 2 is 1.96 bits per heavy atom. The number of H-pyrrole nitrogens is 1. The average Bonchev–Trinajstić information content (AvgIpc) is 3.08. The Morgan fingerprint density at radius 1 is 1.13 bits per heavy atom. The van der Waals surface area contributed by atoms with Gasteiger partial charge in [0.15, 0.2) is 0 Å². The van der Waals surface area contributed by atoms with Crippen molar-refractivity contribution in [1.29, 1.82) is 0 Å². The van der Waals surface area contributed by atoms with Gasteiger partial charge in [0.1, 0.15) is 11.6 Å². The van der Waals surface area contributed by atoms with Gasteiger partial charge in [0.05, 0.1) is 11.7 Å². The number of aromatic amines is 1.